The lowest BCUT2D eigenvalue weighted by Crippen LogP contribution is -2.26. The summed E-state index contributed by atoms with van der Waals surface area (Å²) in [4.78, 5) is 17.6. The third kappa shape index (κ3) is 7.45. The monoisotopic (exact) mass is 462 g/mol. The number of hydroxylamine groups is 1. The predicted octanol–water partition coefficient (Wildman–Crippen LogP) is 4.08. The van der Waals surface area contributed by atoms with E-state index in [2.05, 4.69) is 15.2 Å². The molecule has 3 rings (SSSR count). The van der Waals surface area contributed by atoms with Crippen molar-refractivity contribution in [3.63, 3.8) is 0 Å². The van der Waals surface area contributed by atoms with Gasteiger partial charge in [-0.2, -0.15) is 0 Å². The number of rotatable bonds is 6. The van der Waals surface area contributed by atoms with Gasteiger partial charge in [-0.15, -0.1) is 24.8 Å². The minimum Gasteiger partial charge on any atom is -0.366 e. The highest BCUT2D eigenvalue weighted by atomic mass is 35.5. The first kappa shape index (κ1) is 25.1. The summed E-state index contributed by atoms with van der Waals surface area (Å²) in [6.45, 7) is 2.76. The second-order valence-corrected chi connectivity index (χ2v) is 6.84. The smallest absolute Gasteiger partial charge is 0.303 e. The standard InChI is InChI=1S/C19H20ClFN4O2.2ClH/c20-15-4-1-13(2-5-15)11-25-8-7-16(12-25)23-18-6-3-14(10-22-18)9-17(21)19(26)24-27;;/h1-6,9-10,16,27H,7-8,11-12H2,(H,22,23)(H,24,26);2*1H/t16-;;/m1../s1. The van der Waals surface area contributed by atoms with E-state index in [1.54, 1.807) is 12.1 Å². The molecule has 0 unspecified atom stereocenters. The van der Waals surface area contributed by atoms with Crippen LogP contribution >= 0.6 is 36.4 Å². The van der Waals surface area contributed by atoms with Gasteiger partial charge in [0.25, 0.3) is 0 Å². The number of aromatic nitrogens is 1. The molecule has 29 heavy (non-hydrogen) atoms. The van der Waals surface area contributed by atoms with Crippen LogP contribution in [0.15, 0.2) is 48.4 Å². The Bertz CT molecular complexity index is 819. The topological polar surface area (TPSA) is 77.5 Å². The zero-order chi connectivity index (χ0) is 19.2. The molecule has 1 aromatic heterocycles. The van der Waals surface area contributed by atoms with E-state index in [9.17, 15) is 9.18 Å². The normalized spacial score (nSPS) is 16.5. The Morgan fingerprint density at radius 1 is 1.28 bits per heavy atom. The number of anilines is 1. The first-order valence-corrected chi connectivity index (χ1v) is 8.92. The molecule has 0 bridgehead atoms. The van der Waals surface area contributed by atoms with Crippen molar-refractivity contribution in [2.75, 3.05) is 18.4 Å². The summed E-state index contributed by atoms with van der Waals surface area (Å²) < 4.78 is 13.4. The molecule has 0 spiro atoms. The molecule has 6 nitrogen and oxygen atoms in total. The number of halogens is 4. The Balaban J connectivity index is 0.00000210. The zero-order valence-corrected chi connectivity index (χ0v) is 17.7. The predicted molar refractivity (Wildman–Crippen MR) is 117 cm³/mol. The van der Waals surface area contributed by atoms with Gasteiger partial charge in [0.05, 0.1) is 0 Å². The summed E-state index contributed by atoms with van der Waals surface area (Å²) in [6, 6.07) is 11.5. The number of likely N-dealkylation sites (tertiary alicyclic amines) is 1. The number of hydrogen-bond acceptors (Lipinski definition) is 5. The van der Waals surface area contributed by atoms with Crippen molar-refractivity contribution in [2.24, 2.45) is 0 Å². The molecule has 1 aliphatic rings. The Morgan fingerprint density at radius 3 is 2.62 bits per heavy atom. The molecule has 1 atom stereocenters. The highest BCUT2D eigenvalue weighted by Gasteiger charge is 2.22. The van der Waals surface area contributed by atoms with Gasteiger partial charge in [-0.25, -0.2) is 14.9 Å². The summed E-state index contributed by atoms with van der Waals surface area (Å²) in [5.41, 5.74) is 2.90. The Labute approximate surface area is 185 Å². The average molecular weight is 464 g/mol. The van der Waals surface area contributed by atoms with Crippen LogP contribution in [0.4, 0.5) is 10.2 Å². The lowest BCUT2D eigenvalue weighted by molar-refractivity contribution is -0.126. The van der Waals surface area contributed by atoms with Gasteiger partial charge in [0.2, 0.25) is 0 Å². The van der Waals surface area contributed by atoms with E-state index in [4.69, 9.17) is 16.8 Å². The van der Waals surface area contributed by atoms with Crippen LogP contribution in [0.1, 0.15) is 17.5 Å². The number of nitrogens with one attached hydrogen (secondary N) is 2. The van der Waals surface area contributed by atoms with E-state index in [1.165, 1.54) is 17.2 Å². The molecule has 0 radical (unpaired) electrons. The minimum absolute atomic E-state index is 0. The molecule has 0 saturated carbocycles. The maximum atomic E-state index is 13.4. The maximum absolute atomic E-state index is 13.4. The molecule has 1 aromatic carbocycles. The molecular formula is C19H22Cl3FN4O2. The van der Waals surface area contributed by atoms with Crippen molar-refractivity contribution in [3.05, 3.63) is 64.6 Å². The summed E-state index contributed by atoms with van der Waals surface area (Å²) in [6.07, 6.45) is 3.47. The molecule has 3 N–H and O–H groups in total. The summed E-state index contributed by atoms with van der Waals surface area (Å²) >= 11 is 5.92. The largest absolute Gasteiger partial charge is 0.366 e. The zero-order valence-electron chi connectivity index (χ0n) is 15.3. The van der Waals surface area contributed by atoms with Crippen molar-refractivity contribution in [2.45, 2.75) is 19.0 Å². The van der Waals surface area contributed by atoms with Gasteiger partial charge in [-0.1, -0.05) is 23.7 Å². The van der Waals surface area contributed by atoms with Gasteiger partial charge in [0.15, 0.2) is 5.83 Å². The molecule has 2 heterocycles. The maximum Gasteiger partial charge on any atom is 0.303 e. The van der Waals surface area contributed by atoms with E-state index in [1.807, 2.05) is 24.3 Å². The van der Waals surface area contributed by atoms with E-state index >= 15 is 0 Å². The third-order valence-corrected chi connectivity index (χ3v) is 4.59. The molecule has 1 fully saturated rings. The first-order valence-electron chi connectivity index (χ1n) is 8.54. The molecule has 0 aliphatic carbocycles. The summed E-state index contributed by atoms with van der Waals surface area (Å²) in [5.74, 6) is -1.59. The summed E-state index contributed by atoms with van der Waals surface area (Å²) in [7, 11) is 0. The van der Waals surface area contributed by atoms with Gasteiger partial charge in [0.1, 0.15) is 5.82 Å². The Hall–Kier alpha value is -1.90. The average Bonchev–Trinajstić information content (AvgIpc) is 3.11. The quantitative estimate of drug-likeness (QED) is 0.342. The second-order valence-electron chi connectivity index (χ2n) is 6.40. The van der Waals surface area contributed by atoms with Gasteiger partial charge >= 0.3 is 5.91 Å². The van der Waals surface area contributed by atoms with Crippen molar-refractivity contribution in [3.8, 4) is 0 Å². The molecule has 1 aliphatic heterocycles. The molecular weight excluding hydrogens is 442 g/mol. The van der Waals surface area contributed by atoms with Crippen molar-refractivity contribution < 1.29 is 14.4 Å². The van der Waals surface area contributed by atoms with Crippen LogP contribution in [-0.2, 0) is 11.3 Å². The van der Waals surface area contributed by atoms with Crippen LogP contribution in [0.5, 0.6) is 0 Å². The number of nitrogens with zero attached hydrogens (tertiary/aromatic N) is 2. The molecule has 1 saturated heterocycles. The first-order chi connectivity index (χ1) is 13.0. The molecule has 158 valence electrons. The molecule has 1 amide bonds. The van der Waals surface area contributed by atoms with Crippen molar-refractivity contribution in [1.82, 2.24) is 15.4 Å². The number of carbonyl (C=O) groups is 1. The van der Waals surface area contributed by atoms with E-state index < -0.39 is 11.7 Å². The molecule has 2 aromatic rings. The number of amides is 1. The van der Waals surface area contributed by atoms with Crippen LogP contribution in [0.25, 0.3) is 6.08 Å². The van der Waals surface area contributed by atoms with E-state index in [0.717, 1.165) is 37.2 Å². The highest BCUT2D eigenvalue weighted by Crippen LogP contribution is 2.19. The van der Waals surface area contributed by atoms with Crippen molar-refractivity contribution in [1.29, 1.82) is 0 Å². The van der Waals surface area contributed by atoms with E-state index in [0.29, 0.717) is 11.4 Å². The fraction of sp³-hybridized carbons (Fsp3) is 0.263. The van der Waals surface area contributed by atoms with Crippen LogP contribution in [0, 0.1) is 0 Å². The Morgan fingerprint density at radius 2 is 2.00 bits per heavy atom. The fourth-order valence-corrected chi connectivity index (χ4v) is 3.12. The van der Waals surface area contributed by atoms with Gasteiger partial charge in [-0.05, 0) is 47.9 Å². The van der Waals surface area contributed by atoms with Gasteiger partial charge < -0.3 is 5.32 Å². The highest BCUT2D eigenvalue weighted by molar-refractivity contribution is 6.30. The second kappa shape index (κ2) is 11.9. The van der Waals surface area contributed by atoms with Crippen LogP contribution in [-0.4, -0.2) is 40.1 Å². The Kier molecular flexibility index (Phi) is 10.4. The van der Waals surface area contributed by atoms with Gasteiger partial charge in [0, 0.05) is 36.9 Å². The lowest BCUT2D eigenvalue weighted by atomic mass is 10.2. The number of carbonyl (C=O) groups excluding carboxylic acids is 1. The third-order valence-electron chi connectivity index (χ3n) is 4.34. The fourth-order valence-electron chi connectivity index (χ4n) is 2.99. The lowest BCUT2D eigenvalue weighted by Gasteiger charge is -2.17. The number of benzene rings is 1. The van der Waals surface area contributed by atoms with Crippen LogP contribution in [0.2, 0.25) is 5.02 Å². The van der Waals surface area contributed by atoms with Crippen molar-refractivity contribution >= 4 is 54.2 Å². The number of hydrogen-bond donors (Lipinski definition) is 3. The minimum atomic E-state index is -1.19. The number of pyridine rings is 1. The van der Waals surface area contributed by atoms with Crippen LogP contribution in [0.3, 0.4) is 0 Å². The van der Waals surface area contributed by atoms with E-state index in [-0.39, 0.29) is 30.9 Å². The van der Waals surface area contributed by atoms with Crippen LogP contribution < -0.4 is 10.8 Å². The van der Waals surface area contributed by atoms with Gasteiger partial charge in [-0.3, -0.25) is 14.9 Å². The summed E-state index contributed by atoms with van der Waals surface area (Å²) in [5, 5.41) is 12.5. The molecule has 10 heteroatoms. The SMILES string of the molecule is Cl.Cl.O=C(NO)C(F)=Cc1ccc(N[C@@H]2CCN(Cc3ccc(Cl)cc3)C2)nc1.